The molecule has 3 nitrogen and oxygen atoms in total. The van der Waals surface area contributed by atoms with Gasteiger partial charge in [0.15, 0.2) is 0 Å². The molecule has 0 unspecified atom stereocenters. The Labute approximate surface area is 127 Å². The van der Waals surface area contributed by atoms with Crippen molar-refractivity contribution in [3.63, 3.8) is 0 Å². The van der Waals surface area contributed by atoms with E-state index < -0.39 is 0 Å². The number of allylic oxidation sites excluding steroid dienone is 3. The van der Waals surface area contributed by atoms with E-state index in [1.807, 2.05) is 13.0 Å². The summed E-state index contributed by atoms with van der Waals surface area (Å²) in [7, 11) is 0. The summed E-state index contributed by atoms with van der Waals surface area (Å²) in [4.78, 5) is 0. The molecule has 0 spiro atoms. The van der Waals surface area contributed by atoms with Gasteiger partial charge < -0.3 is 15.5 Å². The lowest BCUT2D eigenvalue weighted by molar-refractivity contribution is 0.0904. The molecule has 21 heavy (non-hydrogen) atoms. The molecule has 0 aromatic heterocycles. The molecule has 1 aliphatic rings. The zero-order valence-corrected chi connectivity index (χ0v) is 12.9. The van der Waals surface area contributed by atoms with Gasteiger partial charge in [0.1, 0.15) is 0 Å². The summed E-state index contributed by atoms with van der Waals surface area (Å²) >= 11 is 0. The largest absolute Gasteiger partial charge is 0.382 e. The van der Waals surface area contributed by atoms with E-state index in [-0.39, 0.29) is 0 Å². The van der Waals surface area contributed by atoms with Crippen LogP contribution in [-0.4, -0.2) is 25.0 Å². The first-order valence-corrected chi connectivity index (χ1v) is 7.47. The third-order valence-electron chi connectivity index (χ3n) is 3.85. The van der Waals surface area contributed by atoms with E-state index in [2.05, 4.69) is 36.2 Å². The van der Waals surface area contributed by atoms with Gasteiger partial charge in [0.25, 0.3) is 0 Å². The van der Waals surface area contributed by atoms with Gasteiger partial charge >= 0.3 is 0 Å². The lowest BCUT2D eigenvalue weighted by Crippen LogP contribution is -2.27. The molecular formula is C18H24N2O. The second-order valence-electron chi connectivity index (χ2n) is 5.41. The molecule has 0 radical (unpaired) electrons. The molecule has 1 saturated heterocycles. The average molecular weight is 284 g/mol. The van der Waals surface area contributed by atoms with E-state index >= 15 is 0 Å². The Morgan fingerprint density at radius 2 is 1.90 bits per heavy atom. The van der Waals surface area contributed by atoms with Gasteiger partial charge in [0, 0.05) is 30.7 Å². The molecule has 1 aromatic carbocycles. The standard InChI is InChI=1S/C18H24N2O/c1-4-18(13(2)14(3)19)15-5-7-16(8-6-15)20-17-9-11-21-12-10-17/h4-8,17,19-20H,2,9-12H2,1,3H3/b18-4+,19-14?. The van der Waals surface area contributed by atoms with E-state index in [0.717, 1.165) is 48.5 Å². The summed E-state index contributed by atoms with van der Waals surface area (Å²) in [6.07, 6.45) is 4.14. The maximum absolute atomic E-state index is 7.73. The van der Waals surface area contributed by atoms with Crippen LogP contribution in [0, 0.1) is 5.41 Å². The van der Waals surface area contributed by atoms with Crippen LogP contribution in [-0.2, 0) is 4.74 Å². The molecule has 3 heteroatoms. The highest BCUT2D eigenvalue weighted by Gasteiger charge is 2.13. The summed E-state index contributed by atoms with van der Waals surface area (Å²) in [5.74, 6) is 0. The highest BCUT2D eigenvalue weighted by Crippen LogP contribution is 2.25. The van der Waals surface area contributed by atoms with Crippen molar-refractivity contribution in [2.45, 2.75) is 32.7 Å². The molecule has 0 aliphatic carbocycles. The summed E-state index contributed by atoms with van der Waals surface area (Å²) in [6, 6.07) is 8.88. The van der Waals surface area contributed by atoms with Crippen molar-refractivity contribution in [2.24, 2.45) is 0 Å². The lowest BCUT2D eigenvalue weighted by atomic mass is 9.96. The van der Waals surface area contributed by atoms with Gasteiger partial charge in [0.2, 0.25) is 0 Å². The minimum atomic E-state index is 0.504. The van der Waals surface area contributed by atoms with Crippen molar-refractivity contribution < 1.29 is 4.74 Å². The monoisotopic (exact) mass is 284 g/mol. The Kier molecular flexibility index (Phi) is 5.34. The normalized spacial score (nSPS) is 16.6. The van der Waals surface area contributed by atoms with Crippen molar-refractivity contribution in [3.05, 3.63) is 48.1 Å². The van der Waals surface area contributed by atoms with Crippen LogP contribution in [0.3, 0.4) is 0 Å². The number of nitrogens with one attached hydrogen (secondary N) is 2. The van der Waals surface area contributed by atoms with E-state index in [1.54, 1.807) is 6.92 Å². The van der Waals surface area contributed by atoms with Crippen LogP contribution in [0.2, 0.25) is 0 Å². The summed E-state index contributed by atoms with van der Waals surface area (Å²) in [5.41, 5.74) is 4.56. The zero-order valence-electron chi connectivity index (χ0n) is 12.9. The van der Waals surface area contributed by atoms with Crippen LogP contribution in [0.1, 0.15) is 32.3 Å². The van der Waals surface area contributed by atoms with E-state index in [9.17, 15) is 0 Å². The molecule has 1 aromatic rings. The smallest absolute Gasteiger partial charge is 0.0485 e. The van der Waals surface area contributed by atoms with Gasteiger partial charge in [-0.1, -0.05) is 24.8 Å². The summed E-state index contributed by atoms with van der Waals surface area (Å²) in [6.45, 7) is 9.44. The number of rotatable bonds is 5. The first-order valence-electron chi connectivity index (χ1n) is 7.47. The SMILES string of the molecule is C=C(C(C)=N)/C(=C\C)c1ccc(NC2CCOCC2)cc1. The fourth-order valence-electron chi connectivity index (χ4n) is 2.54. The molecule has 0 bridgehead atoms. The van der Waals surface area contributed by atoms with Gasteiger partial charge in [-0.2, -0.15) is 0 Å². The first kappa shape index (κ1) is 15.5. The molecule has 112 valence electrons. The molecule has 1 heterocycles. The Hall–Kier alpha value is -1.87. The molecule has 2 N–H and O–H groups in total. The lowest BCUT2D eigenvalue weighted by Gasteiger charge is -2.24. The predicted molar refractivity (Wildman–Crippen MR) is 90.1 cm³/mol. The van der Waals surface area contributed by atoms with Crippen LogP contribution in [0.25, 0.3) is 5.57 Å². The summed E-state index contributed by atoms with van der Waals surface area (Å²) in [5, 5.41) is 11.3. The molecule has 0 amide bonds. The molecule has 1 fully saturated rings. The van der Waals surface area contributed by atoms with Crippen LogP contribution in [0.4, 0.5) is 5.69 Å². The second-order valence-corrected chi connectivity index (χ2v) is 5.41. The van der Waals surface area contributed by atoms with Gasteiger partial charge in [-0.15, -0.1) is 0 Å². The maximum atomic E-state index is 7.73. The third-order valence-corrected chi connectivity index (χ3v) is 3.85. The number of hydrogen-bond acceptors (Lipinski definition) is 3. The molecule has 1 aliphatic heterocycles. The fraction of sp³-hybridized carbons (Fsp3) is 0.389. The quantitative estimate of drug-likeness (QED) is 0.626. The van der Waals surface area contributed by atoms with Gasteiger partial charge in [-0.3, -0.25) is 0 Å². The van der Waals surface area contributed by atoms with Crippen LogP contribution >= 0.6 is 0 Å². The zero-order chi connectivity index (χ0) is 15.2. The highest BCUT2D eigenvalue weighted by atomic mass is 16.5. The Bertz CT molecular complexity index is 537. The number of anilines is 1. The minimum Gasteiger partial charge on any atom is -0.382 e. The highest BCUT2D eigenvalue weighted by molar-refractivity contribution is 6.09. The second kappa shape index (κ2) is 7.23. The number of ether oxygens (including phenoxy) is 1. The summed E-state index contributed by atoms with van der Waals surface area (Å²) < 4.78 is 5.37. The molecule has 2 rings (SSSR count). The van der Waals surface area contributed by atoms with Gasteiger partial charge in [0.05, 0.1) is 0 Å². The Morgan fingerprint density at radius 3 is 2.43 bits per heavy atom. The van der Waals surface area contributed by atoms with Crippen LogP contribution < -0.4 is 5.32 Å². The van der Waals surface area contributed by atoms with Crippen molar-refractivity contribution in [2.75, 3.05) is 18.5 Å². The number of hydrogen-bond donors (Lipinski definition) is 2. The predicted octanol–water partition coefficient (Wildman–Crippen LogP) is 4.28. The maximum Gasteiger partial charge on any atom is 0.0485 e. The Balaban J connectivity index is 2.07. The molecule has 0 saturated carbocycles. The molecule has 0 atom stereocenters. The topological polar surface area (TPSA) is 45.1 Å². The van der Waals surface area contributed by atoms with Crippen molar-refractivity contribution in [3.8, 4) is 0 Å². The first-order chi connectivity index (χ1) is 10.1. The average Bonchev–Trinajstić information content (AvgIpc) is 2.50. The van der Waals surface area contributed by atoms with Crippen LogP contribution in [0.5, 0.6) is 0 Å². The van der Waals surface area contributed by atoms with Gasteiger partial charge in [-0.25, -0.2) is 0 Å². The van der Waals surface area contributed by atoms with Crippen LogP contribution in [0.15, 0.2) is 42.5 Å². The fourth-order valence-corrected chi connectivity index (χ4v) is 2.54. The van der Waals surface area contributed by atoms with Crippen molar-refractivity contribution in [1.29, 1.82) is 5.41 Å². The molecular weight excluding hydrogens is 260 g/mol. The third kappa shape index (κ3) is 4.05. The van der Waals surface area contributed by atoms with E-state index in [4.69, 9.17) is 10.1 Å². The van der Waals surface area contributed by atoms with Crippen molar-refractivity contribution >= 4 is 17.0 Å². The number of benzene rings is 1. The van der Waals surface area contributed by atoms with E-state index in [1.165, 1.54) is 0 Å². The van der Waals surface area contributed by atoms with Crippen molar-refractivity contribution in [1.82, 2.24) is 0 Å². The van der Waals surface area contributed by atoms with Gasteiger partial charge in [-0.05, 0) is 55.5 Å². The van der Waals surface area contributed by atoms with E-state index in [0.29, 0.717) is 11.8 Å². The minimum absolute atomic E-state index is 0.504. The Morgan fingerprint density at radius 1 is 1.29 bits per heavy atom.